The molecule has 0 aliphatic carbocycles. The zero-order valence-electron chi connectivity index (χ0n) is 23.6. The molecule has 0 saturated carbocycles. The first-order valence-electron chi connectivity index (χ1n) is 12.8. The second-order valence-corrected chi connectivity index (χ2v) is 12.4. The third-order valence-corrected chi connectivity index (χ3v) is 7.74. The van der Waals surface area contributed by atoms with E-state index in [1.807, 2.05) is 30.3 Å². The van der Waals surface area contributed by atoms with E-state index in [9.17, 15) is 18.0 Å². The average Bonchev–Trinajstić information content (AvgIpc) is 2.90. The van der Waals surface area contributed by atoms with Gasteiger partial charge in [-0.1, -0.05) is 18.2 Å². The molecule has 0 radical (unpaired) electrons. The number of carbonyl (C=O) groups is 2. The molecule has 1 aromatic heterocycles. The molecule has 1 amide bonds. The lowest BCUT2D eigenvalue weighted by Gasteiger charge is -2.26. The normalized spacial score (nSPS) is 13.2. The van der Waals surface area contributed by atoms with Gasteiger partial charge in [-0.25, -0.2) is 8.42 Å². The van der Waals surface area contributed by atoms with E-state index in [1.54, 1.807) is 34.0 Å². The van der Waals surface area contributed by atoms with Gasteiger partial charge >= 0.3 is 5.97 Å². The van der Waals surface area contributed by atoms with Crippen LogP contribution in [0.1, 0.15) is 33.3 Å². The number of nitrogens with zero attached hydrogens (tertiary/aromatic N) is 1. The van der Waals surface area contributed by atoms with Crippen LogP contribution in [0.3, 0.4) is 0 Å². The van der Waals surface area contributed by atoms with Crippen LogP contribution in [0.25, 0.3) is 10.9 Å². The first-order chi connectivity index (χ1) is 19.2. The lowest BCUT2D eigenvalue weighted by molar-refractivity contribution is -0.161. The van der Waals surface area contributed by atoms with E-state index < -0.39 is 39.5 Å². The Bertz CT molecular complexity index is 1530. The molecule has 1 heterocycles. The summed E-state index contributed by atoms with van der Waals surface area (Å²) in [7, 11) is -2.76. The van der Waals surface area contributed by atoms with E-state index in [0.29, 0.717) is 17.2 Å². The highest BCUT2D eigenvalue weighted by molar-refractivity contribution is 7.89. The number of sulfonamides is 1. The number of amides is 1. The lowest BCUT2D eigenvalue weighted by atomic mass is 10.0. The number of benzene rings is 2. The summed E-state index contributed by atoms with van der Waals surface area (Å²) < 4.78 is 40.7. The average molecular weight is 602 g/mol. The molecule has 0 spiro atoms. The van der Waals surface area contributed by atoms with Crippen molar-refractivity contribution in [2.24, 2.45) is 11.7 Å². The minimum absolute atomic E-state index is 0.00732. The molecule has 11 nitrogen and oxygen atoms in total. The fourth-order valence-corrected chi connectivity index (χ4v) is 5.47. The largest absolute Gasteiger partial charge is 0.492 e. The van der Waals surface area contributed by atoms with Gasteiger partial charge in [-0.05, 0) is 69.7 Å². The van der Waals surface area contributed by atoms with E-state index in [1.165, 1.54) is 25.1 Å². The third-order valence-electron chi connectivity index (χ3n) is 5.95. The number of carbonyl (C=O) groups excluding carboxylic acids is 2. The van der Waals surface area contributed by atoms with Crippen molar-refractivity contribution < 1.29 is 27.5 Å². The third kappa shape index (κ3) is 8.59. The number of pyridine rings is 1. The summed E-state index contributed by atoms with van der Waals surface area (Å²) in [5.41, 5.74) is 6.95. The van der Waals surface area contributed by atoms with Crippen molar-refractivity contribution in [2.45, 2.75) is 50.7 Å². The molecule has 2 atom stereocenters. The van der Waals surface area contributed by atoms with Crippen LogP contribution in [0.15, 0.2) is 59.6 Å². The van der Waals surface area contributed by atoms with Gasteiger partial charge in [0.25, 0.3) is 0 Å². The number of hydrogen-bond acceptors (Lipinski definition) is 8. The molecule has 0 aliphatic rings. The van der Waals surface area contributed by atoms with Gasteiger partial charge in [0.2, 0.25) is 15.9 Å². The number of rotatable bonds is 11. The summed E-state index contributed by atoms with van der Waals surface area (Å²) in [6.45, 7) is 6.48. The van der Waals surface area contributed by atoms with E-state index in [-0.39, 0.29) is 17.3 Å². The number of esters is 1. The van der Waals surface area contributed by atoms with Gasteiger partial charge < -0.3 is 25.8 Å². The van der Waals surface area contributed by atoms with Crippen molar-refractivity contribution in [3.8, 4) is 5.75 Å². The van der Waals surface area contributed by atoms with Crippen LogP contribution in [-0.2, 0) is 30.8 Å². The molecule has 0 fully saturated rings. The maximum atomic E-state index is 13.6. The summed E-state index contributed by atoms with van der Waals surface area (Å²) in [5.74, 6) is -2.99. The molecule has 0 aliphatic heterocycles. The molecule has 0 saturated heterocycles. The van der Waals surface area contributed by atoms with Crippen LogP contribution in [0, 0.1) is 5.92 Å². The number of nitrogens with two attached hydrogens (primary N) is 1. The highest BCUT2D eigenvalue weighted by Gasteiger charge is 2.36. The summed E-state index contributed by atoms with van der Waals surface area (Å²) >= 11 is 5.16. The van der Waals surface area contributed by atoms with E-state index in [0.717, 1.165) is 16.5 Å². The fraction of sp³-hybridized carbons (Fsp3) is 0.357. The van der Waals surface area contributed by atoms with Gasteiger partial charge in [0.15, 0.2) is 5.11 Å². The number of primary amides is 1. The number of fused-ring (bicyclic) bond motifs is 1. The first-order valence-corrected chi connectivity index (χ1v) is 14.7. The predicted molar refractivity (Wildman–Crippen MR) is 161 cm³/mol. The SMILES string of the molecule is CNC(=S)Nc1ccc(S(=O)(=O)NC(C(N)=O)C(C)C(=O)OC(C)(C)C)c(OCCc2cccc3ncccc23)c1. The number of nitrogens with one attached hydrogen (secondary N) is 3. The van der Waals surface area contributed by atoms with Crippen LogP contribution in [0.5, 0.6) is 5.75 Å². The van der Waals surface area contributed by atoms with Crippen LogP contribution in [0.4, 0.5) is 5.69 Å². The van der Waals surface area contributed by atoms with Crippen molar-refractivity contribution in [1.29, 1.82) is 0 Å². The molecule has 2 unspecified atom stereocenters. The standard InChI is InChI=1S/C28H35N5O6S2/c1-17(26(35)39-28(2,3)4)24(25(29)34)33-41(36,37)23-12-11-19(32-27(40)30-5)16-22(23)38-15-13-18-8-6-10-21-20(18)9-7-14-31-21/h6-12,14,16-17,24,33H,13,15H2,1-5H3,(H2,29,34)(H2,30,32,40). The van der Waals surface area contributed by atoms with Gasteiger partial charge in [-0.15, -0.1) is 0 Å². The highest BCUT2D eigenvalue weighted by Crippen LogP contribution is 2.29. The van der Waals surface area contributed by atoms with E-state index in [2.05, 4.69) is 20.3 Å². The Kier molecular flexibility index (Phi) is 10.2. The van der Waals surface area contributed by atoms with Crippen molar-refractivity contribution >= 4 is 55.8 Å². The van der Waals surface area contributed by atoms with Crippen molar-refractivity contribution in [3.05, 3.63) is 60.3 Å². The van der Waals surface area contributed by atoms with Gasteiger partial charge in [-0.2, -0.15) is 4.72 Å². The molecule has 5 N–H and O–H groups in total. The summed E-state index contributed by atoms with van der Waals surface area (Å²) in [5, 5.41) is 7.00. The van der Waals surface area contributed by atoms with E-state index >= 15 is 0 Å². The molecule has 0 bridgehead atoms. The lowest BCUT2D eigenvalue weighted by Crippen LogP contribution is -2.51. The quantitative estimate of drug-likeness (QED) is 0.190. The van der Waals surface area contributed by atoms with Gasteiger partial charge in [0.05, 0.1) is 18.0 Å². The van der Waals surface area contributed by atoms with Gasteiger partial charge in [0.1, 0.15) is 22.3 Å². The second kappa shape index (κ2) is 13.2. The molecule has 3 aromatic rings. The van der Waals surface area contributed by atoms with Crippen LogP contribution in [-0.4, -0.2) is 55.7 Å². The Balaban J connectivity index is 1.90. The first kappa shape index (κ1) is 31.7. The van der Waals surface area contributed by atoms with Gasteiger partial charge in [0, 0.05) is 36.8 Å². The molecule has 2 aromatic carbocycles. The molecule has 13 heteroatoms. The van der Waals surface area contributed by atoms with Crippen LogP contribution < -0.4 is 25.8 Å². The Morgan fingerprint density at radius 1 is 1.12 bits per heavy atom. The predicted octanol–water partition coefficient (Wildman–Crippen LogP) is 2.88. The summed E-state index contributed by atoms with van der Waals surface area (Å²) in [6, 6.07) is 12.3. The Morgan fingerprint density at radius 3 is 2.51 bits per heavy atom. The second-order valence-electron chi connectivity index (χ2n) is 10.3. The summed E-state index contributed by atoms with van der Waals surface area (Å²) in [6.07, 6.45) is 2.17. The topological polar surface area (TPSA) is 162 Å². The minimum Gasteiger partial charge on any atom is -0.492 e. The maximum Gasteiger partial charge on any atom is 0.311 e. The fourth-order valence-electron chi connectivity index (χ4n) is 3.94. The number of thiocarbonyl (C=S) groups is 1. The highest BCUT2D eigenvalue weighted by atomic mass is 32.2. The minimum atomic E-state index is -4.41. The van der Waals surface area contributed by atoms with Crippen LogP contribution >= 0.6 is 12.2 Å². The number of ether oxygens (including phenoxy) is 2. The monoisotopic (exact) mass is 601 g/mol. The zero-order chi connectivity index (χ0) is 30.4. The van der Waals surface area contributed by atoms with Crippen LogP contribution in [0.2, 0.25) is 0 Å². The van der Waals surface area contributed by atoms with E-state index in [4.69, 9.17) is 27.4 Å². The van der Waals surface area contributed by atoms with Crippen molar-refractivity contribution in [1.82, 2.24) is 15.0 Å². The Morgan fingerprint density at radius 2 is 1.85 bits per heavy atom. The molecule has 41 heavy (non-hydrogen) atoms. The summed E-state index contributed by atoms with van der Waals surface area (Å²) in [4.78, 5) is 29.0. The maximum absolute atomic E-state index is 13.6. The smallest absolute Gasteiger partial charge is 0.311 e. The molecule has 220 valence electrons. The zero-order valence-corrected chi connectivity index (χ0v) is 25.2. The number of aromatic nitrogens is 1. The Hall–Kier alpha value is -3.81. The number of hydrogen-bond donors (Lipinski definition) is 4. The molecular formula is C28H35N5O6S2. The van der Waals surface area contributed by atoms with Crippen molar-refractivity contribution in [3.63, 3.8) is 0 Å². The Labute approximate surface area is 245 Å². The van der Waals surface area contributed by atoms with Crippen molar-refractivity contribution in [2.75, 3.05) is 19.0 Å². The number of anilines is 1. The molecular weight excluding hydrogens is 566 g/mol. The molecule has 3 rings (SSSR count). The van der Waals surface area contributed by atoms with Gasteiger partial charge in [-0.3, -0.25) is 14.6 Å².